The zero-order valence-corrected chi connectivity index (χ0v) is 12.4. The van der Waals surface area contributed by atoms with Crippen LogP contribution in [0.25, 0.3) is 0 Å². The van der Waals surface area contributed by atoms with E-state index in [9.17, 15) is 14.9 Å². The van der Waals surface area contributed by atoms with Gasteiger partial charge in [0, 0.05) is 25.2 Å². The van der Waals surface area contributed by atoms with E-state index in [-0.39, 0.29) is 23.8 Å². The van der Waals surface area contributed by atoms with Crippen LogP contribution in [0.2, 0.25) is 0 Å². The predicted molar refractivity (Wildman–Crippen MR) is 78.7 cm³/mol. The van der Waals surface area contributed by atoms with E-state index < -0.39 is 4.92 Å². The van der Waals surface area contributed by atoms with Crippen molar-refractivity contribution in [1.82, 2.24) is 15.1 Å². The molecule has 2 rings (SSSR count). The number of amides is 1. The second kappa shape index (κ2) is 6.19. The fourth-order valence-electron chi connectivity index (χ4n) is 2.38. The summed E-state index contributed by atoms with van der Waals surface area (Å²) in [4.78, 5) is 26.3. The van der Waals surface area contributed by atoms with Gasteiger partial charge >= 0.3 is 0 Å². The van der Waals surface area contributed by atoms with E-state index in [0.717, 1.165) is 12.1 Å². The Balaban J connectivity index is 2.19. The van der Waals surface area contributed by atoms with Crippen molar-refractivity contribution in [2.24, 2.45) is 0 Å². The molecule has 1 aromatic rings. The Kier molecular flexibility index (Phi) is 4.54. The SMILES string of the molecule is CC1NC(c2ccc([N+](=O)[O-])cc2)N(CCN(C)C)C1=O. The molecular formula is C14H20N4O3. The maximum atomic E-state index is 12.2. The van der Waals surface area contributed by atoms with E-state index in [0.29, 0.717) is 6.54 Å². The van der Waals surface area contributed by atoms with Gasteiger partial charge in [0.25, 0.3) is 5.69 Å². The number of nitro benzene ring substituents is 1. The van der Waals surface area contributed by atoms with Crippen LogP contribution in [-0.2, 0) is 4.79 Å². The van der Waals surface area contributed by atoms with Crippen molar-refractivity contribution in [1.29, 1.82) is 0 Å². The number of nitro groups is 1. The molecule has 7 nitrogen and oxygen atoms in total. The van der Waals surface area contributed by atoms with Crippen LogP contribution in [0.3, 0.4) is 0 Å². The molecule has 1 aliphatic rings. The van der Waals surface area contributed by atoms with Gasteiger partial charge in [0.15, 0.2) is 0 Å². The molecule has 21 heavy (non-hydrogen) atoms. The van der Waals surface area contributed by atoms with Gasteiger partial charge in [-0.1, -0.05) is 0 Å². The van der Waals surface area contributed by atoms with Crippen molar-refractivity contribution < 1.29 is 9.72 Å². The molecule has 0 aliphatic carbocycles. The quantitative estimate of drug-likeness (QED) is 0.646. The number of likely N-dealkylation sites (N-methyl/N-ethyl adjacent to an activating group) is 1. The van der Waals surface area contributed by atoms with E-state index in [1.807, 2.05) is 25.9 Å². The Morgan fingerprint density at radius 3 is 2.48 bits per heavy atom. The molecule has 114 valence electrons. The number of non-ortho nitro benzene ring substituents is 1. The smallest absolute Gasteiger partial charge is 0.269 e. The highest BCUT2D eigenvalue weighted by Crippen LogP contribution is 2.26. The van der Waals surface area contributed by atoms with Crippen LogP contribution in [-0.4, -0.2) is 53.9 Å². The molecule has 0 radical (unpaired) electrons. The molecule has 1 fully saturated rings. The first-order valence-corrected chi connectivity index (χ1v) is 6.85. The molecule has 1 heterocycles. The Hall–Kier alpha value is -1.99. The zero-order valence-electron chi connectivity index (χ0n) is 12.4. The van der Waals surface area contributed by atoms with Crippen molar-refractivity contribution >= 4 is 11.6 Å². The first-order valence-electron chi connectivity index (χ1n) is 6.85. The summed E-state index contributed by atoms with van der Waals surface area (Å²) in [6, 6.07) is 6.09. The third-order valence-electron chi connectivity index (χ3n) is 3.58. The zero-order chi connectivity index (χ0) is 15.6. The van der Waals surface area contributed by atoms with Crippen molar-refractivity contribution in [2.75, 3.05) is 27.2 Å². The van der Waals surface area contributed by atoms with Gasteiger partial charge < -0.3 is 9.80 Å². The fourth-order valence-corrected chi connectivity index (χ4v) is 2.38. The third kappa shape index (κ3) is 3.37. The maximum absolute atomic E-state index is 12.2. The monoisotopic (exact) mass is 292 g/mol. The molecule has 1 amide bonds. The van der Waals surface area contributed by atoms with Gasteiger partial charge in [0.1, 0.15) is 6.17 Å². The average molecular weight is 292 g/mol. The third-order valence-corrected chi connectivity index (χ3v) is 3.58. The normalized spacial score (nSPS) is 22.1. The van der Waals surface area contributed by atoms with E-state index >= 15 is 0 Å². The van der Waals surface area contributed by atoms with E-state index in [2.05, 4.69) is 5.32 Å². The number of hydrogen-bond acceptors (Lipinski definition) is 5. The number of carbonyl (C=O) groups is 1. The highest BCUT2D eigenvalue weighted by molar-refractivity contribution is 5.84. The molecule has 0 aromatic heterocycles. The molecule has 1 saturated heterocycles. The number of rotatable bonds is 5. The lowest BCUT2D eigenvalue weighted by molar-refractivity contribution is -0.384. The number of hydrogen-bond donors (Lipinski definition) is 1. The molecule has 1 N–H and O–H groups in total. The summed E-state index contributed by atoms with van der Waals surface area (Å²) in [6.45, 7) is 3.21. The number of nitrogens with zero attached hydrogens (tertiary/aromatic N) is 3. The van der Waals surface area contributed by atoms with Crippen molar-refractivity contribution in [3.8, 4) is 0 Å². The second-order valence-electron chi connectivity index (χ2n) is 5.47. The van der Waals surface area contributed by atoms with Gasteiger partial charge in [-0.3, -0.25) is 20.2 Å². The molecule has 0 spiro atoms. The van der Waals surface area contributed by atoms with Crippen LogP contribution in [0.1, 0.15) is 18.7 Å². The van der Waals surface area contributed by atoms with Crippen LogP contribution in [0, 0.1) is 10.1 Å². The Morgan fingerprint density at radius 2 is 1.95 bits per heavy atom. The Morgan fingerprint density at radius 1 is 1.33 bits per heavy atom. The van der Waals surface area contributed by atoms with Crippen LogP contribution in [0.5, 0.6) is 0 Å². The van der Waals surface area contributed by atoms with Gasteiger partial charge in [-0.25, -0.2) is 0 Å². The Bertz CT molecular complexity index is 530. The van der Waals surface area contributed by atoms with Crippen LogP contribution >= 0.6 is 0 Å². The highest BCUT2D eigenvalue weighted by Gasteiger charge is 2.36. The highest BCUT2D eigenvalue weighted by atomic mass is 16.6. The lowest BCUT2D eigenvalue weighted by Crippen LogP contribution is -2.36. The lowest BCUT2D eigenvalue weighted by atomic mass is 10.1. The first kappa shape index (κ1) is 15.4. The van der Waals surface area contributed by atoms with Crippen molar-refractivity contribution in [3.63, 3.8) is 0 Å². The number of nitrogens with one attached hydrogen (secondary N) is 1. The van der Waals surface area contributed by atoms with Gasteiger partial charge in [-0.15, -0.1) is 0 Å². The van der Waals surface area contributed by atoms with Gasteiger partial charge in [0.05, 0.1) is 11.0 Å². The molecular weight excluding hydrogens is 272 g/mol. The minimum atomic E-state index is -0.427. The first-order chi connectivity index (χ1) is 9.90. The lowest BCUT2D eigenvalue weighted by Gasteiger charge is -2.26. The summed E-state index contributed by atoms with van der Waals surface area (Å²) >= 11 is 0. The summed E-state index contributed by atoms with van der Waals surface area (Å²) in [5, 5.41) is 13.9. The largest absolute Gasteiger partial charge is 0.320 e. The summed E-state index contributed by atoms with van der Waals surface area (Å²) < 4.78 is 0. The molecule has 0 bridgehead atoms. The van der Waals surface area contributed by atoms with E-state index in [4.69, 9.17) is 0 Å². The standard InChI is InChI=1S/C14H20N4O3/c1-10-14(19)17(9-8-16(2)3)13(15-10)11-4-6-12(7-5-11)18(20)21/h4-7,10,13,15H,8-9H2,1-3H3. The summed E-state index contributed by atoms with van der Waals surface area (Å²) in [5.41, 5.74) is 0.910. The summed E-state index contributed by atoms with van der Waals surface area (Å²) in [7, 11) is 3.91. The number of carbonyl (C=O) groups excluding carboxylic acids is 1. The molecule has 2 atom stereocenters. The van der Waals surface area contributed by atoms with E-state index in [1.165, 1.54) is 12.1 Å². The van der Waals surface area contributed by atoms with Crippen LogP contribution < -0.4 is 5.32 Å². The number of benzene rings is 1. The Labute approximate surface area is 123 Å². The predicted octanol–water partition coefficient (Wildman–Crippen LogP) is 0.975. The maximum Gasteiger partial charge on any atom is 0.269 e. The fraction of sp³-hybridized carbons (Fsp3) is 0.500. The van der Waals surface area contributed by atoms with Crippen LogP contribution in [0.15, 0.2) is 24.3 Å². The molecule has 1 aromatic carbocycles. The van der Waals surface area contributed by atoms with Gasteiger partial charge in [-0.2, -0.15) is 0 Å². The average Bonchev–Trinajstić information content (AvgIpc) is 2.72. The molecule has 0 saturated carbocycles. The van der Waals surface area contributed by atoms with Gasteiger partial charge in [-0.05, 0) is 38.7 Å². The topological polar surface area (TPSA) is 78.7 Å². The molecule has 1 aliphatic heterocycles. The summed E-state index contributed by atoms with van der Waals surface area (Å²) in [6.07, 6.45) is -0.228. The minimum Gasteiger partial charge on any atom is -0.320 e. The summed E-state index contributed by atoms with van der Waals surface area (Å²) in [5.74, 6) is 0.0557. The van der Waals surface area contributed by atoms with Crippen molar-refractivity contribution in [2.45, 2.75) is 19.1 Å². The molecule has 7 heteroatoms. The minimum absolute atomic E-state index is 0.0518. The van der Waals surface area contributed by atoms with E-state index in [1.54, 1.807) is 17.0 Å². The van der Waals surface area contributed by atoms with Gasteiger partial charge in [0.2, 0.25) is 5.91 Å². The van der Waals surface area contributed by atoms with Crippen molar-refractivity contribution in [3.05, 3.63) is 39.9 Å². The second-order valence-corrected chi connectivity index (χ2v) is 5.47. The molecule has 2 unspecified atom stereocenters. The van der Waals surface area contributed by atoms with Crippen LogP contribution in [0.4, 0.5) is 5.69 Å².